The number of hydrogen-bond acceptors (Lipinski definition) is 4. The van der Waals surface area contributed by atoms with Crippen molar-refractivity contribution in [3.8, 4) is 0 Å². The zero-order valence-electron chi connectivity index (χ0n) is 10.5. The molecule has 0 bridgehead atoms. The van der Waals surface area contributed by atoms with Crippen LogP contribution >= 0.6 is 0 Å². The van der Waals surface area contributed by atoms with Crippen LogP contribution in [0.5, 0.6) is 0 Å². The first-order chi connectivity index (χ1) is 8.66. The Morgan fingerprint density at radius 3 is 1.79 bits per heavy atom. The molecule has 0 radical (unpaired) electrons. The number of halogens is 3. The van der Waals surface area contributed by atoms with Crippen LogP contribution < -0.4 is 0 Å². The molecule has 0 aromatic heterocycles. The average molecular weight is 280 g/mol. The monoisotopic (exact) mass is 280 g/mol. The van der Waals surface area contributed by atoms with E-state index in [0.717, 1.165) is 0 Å². The molecule has 0 aliphatic rings. The van der Waals surface area contributed by atoms with Gasteiger partial charge in [-0.2, -0.15) is 13.2 Å². The molecule has 0 aliphatic carbocycles. The van der Waals surface area contributed by atoms with Crippen LogP contribution in [0.3, 0.4) is 0 Å². The summed E-state index contributed by atoms with van der Waals surface area (Å²) in [6, 6.07) is 0. The highest BCUT2D eigenvalue weighted by molar-refractivity contribution is 5.89. The van der Waals surface area contributed by atoms with Gasteiger partial charge < -0.3 is 9.47 Å². The van der Waals surface area contributed by atoms with Crippen molar-refractivity contribution in [3.05, 3.63) is 24.3 Å². The van der Waals surface area contributed by atoms with Crippen molar-refractivity contribution in [2.75, 3.05) is 13.2 Å². The summed E-state index contributed by atoms with van der Waals surface area (Å²) in [5.74, 6) is -2.03. The molecular formula is C12H15F3O4. The minimum Gasteiger partial charge on any atom is -0.462 e. The number of carbonyl (C=O) groups excluding carboxylic acids is 2. The molecule has 0 atom stereocenters. The van der Waals surface area contributed by atoms with E-state index in [-0.39, 0.29) is 25.2 Å². The number of alkyl halides is 3. The van der Waals surface area contributed by atoms with Gasteiger partial charge in [-0.15, -0.1) is 0 Å². The van der Waals surface area contributed by atoms with E-state index in [2.05, 4.69) is 17.9 Å². The maximum Gasteiger partial charge on any atom is 0.422 e. The van der Waals surface area contributed by atoms with Crippen molar-refractivity contribution in [3.63, 3.8) is 0 Å². The third kappa shape index (κ3) is 7.28. The van der Waals surface area contributed by atoms with Crippen LogP contribution in [0.2, 0.25) is 0 Å². The summed E-state index contributed by atoms with van der Waals surface area (Å²) in [5, 5.41) is 0. The molecule has 19 heavy (non-hydrogen) atoms. The number of esters is 2. The van der Waals surface area contributed by atoms with Crippen LogP contribution in [0, 0.1) is 0 Å². The van der Waals surface area contributed by atoms with Crippen molar-refractivity contribution < 1.29 is 32.2 Å². The van der Waals surface area contributed by atoms with Gasteiger partial charge in [0.2, 0.25) is 0 Å². The molecule has 0 spiro atoms. The number of ether oxygens (including phenoxy) is 2. The van der Waals surface area contributed by atoms with Gasteiger partial charge in [-0.3, -0.25) is 0 Å². The summed E-state index contributed by atoms with van der Waals surface area (Å²) in [6.45, 7) is 7.36. The topological polar surface area (TPSA) is 52.6 Å². The van der Waals surface area contributed by atoms with Gasteiger partial charge in [0.1, 0.15) is 5.57 Å². The van der Waals surface area contributed by atoms with Gasteiger partial charge in [0.25, 0.3) is 0 Å². The summed E-state index contributed by atoms with van der Waals surface area (Å²) >= 11 is 0. The molecular weight excluding hydrogens is 265 g/mol. The van der Waals surface area contributed by atoms with E-state index in [1.54, 1.807) is 0 Å². The molecule has 0 aromatic rings. The maximum absolute atomic E-state index is 12.0. The van der Waals surface area contributed by atoms with Crippen LogP contribution in [-0.4, -0.2) is 31.3 Å². The number of carbonyl (C=O) groups is 2. The molecule has 4 nitrogen and oxygen atoms in total. The zero-order valence-corrected chi connectivity index (χ0v) is 10.5. The second-order valence-corrected chi connectivity index (χ2v) is 3.74. The Morgan fingerprint density at radius 1 is 1.00 bits per heavy atom. The standard InChI is InChI=1S/C12H15F3O4/c1-8(2)10(16)18-6-4-5-7-19-11(17)9(3)12(13,14)15/h1,3-7H2,2H3. The van der Waals surface area contributed by atoms with E-state index in [9.17, 15) is 22.8 Å². The Hall–Kier alpha value is -1.79. The van der Waals surface area contributed by atoms with Crippen LogP contribution in [0.15, 0.2) is 24.3 Å². The Labute approximate surface area is 108 Å². The molecule has 0 saturated carbocycles. The molecule has 7 heteroatoms. The number of unbranched alkanes of at least 4 members (excludes halogenated alkanes) is 1. The first-order valence-corrected chi connectivity index (χ1v) is 5.42. The predicted octanol–water partition coefficient (Wildman–Crippen LogP) is 2.55. The number of rotatable bonds is 7. The van der Waals surface area contributed by atoms with E-state index >= 15 is 0 Å². The van der Waals surface area contributed by atoms with Crippen LogP contribution in [-0.2, 0) is 19.1 Å². The lowest BCUT2D eigenvalue weighted by molar-refractivity contribution is -0.151. The molecule has 0 fully saturated rings. The van der Waals surface area contributed by atoms with E-state index in [4.69, 9.17) is 4.74 Å². The smallest absolute Gasteiger partial charge is 0.422 e. The average Bonchev–Trinajstić information content (AvgIpc) is 2.30. The molecule has 0 amide bonds. The van der Waals surface area contributed by atoms with Gasteiger partial charge >= 0.3 is 18.1 Å². The first kappa shape index (κ1) is 17.2. The summed E-state index contributed by atoms with van der Waals surface area (Å²) in [5.41, 5.74) is -1.28. The maximum atomic E-state index is 12.0. The third-order valence-corrected chi connectivity index (χ3v) is 1.94. The molecule has 0 aliphatic heterocycles. The van der Waals surface area contributed by atoms with Crippen molar-refractivity contribution in [1.29, 1.82) is 0 Å². The van der Waals surface area contributed by atoms with Gasteiger partial charge in [-0.05, 0) is 19.8 Å². The fourth-order valence-corrected chi connectivity index (χ4v) is 0.860. The Kier molecular flexibility index (Phi) is 6.89. The van der Waals surface area contributed by atoms with E-state index in [1.165, 1.54) is 6.92 Å². The fraction of sp³-hybridized carbons (Fsp3) is 0.500. The Morgan fingerprint density at radius 2 is 1.42 bits per heavy atom. The highest BCUT2D eigenvalue weighted by atomic mass is 19.4. The van der Waals surface area contributed by atoms with Crippen molar-refractivity contribution in [2.24, 2.45) is 0 Å². The molecule has 0 rings (SSSR count). The van der Waals surface area contributed by atoms with Gasteiger partial charge in [0, 0.05) is 5.57 Å². The molecule has 108 valence electrons. The molecule has 0 heterocycles. The third-order valence-electron chi connectivity index (χ3n) is 1.94. The van der Waals surface area contributed by atoms with Gasteiger partial charge in [0.15, 0.2) is 0 Å². The van der Waals surface area contributed by atoms with E-state index in [1.807, 2.05) is 0 Å². The molecule has 0 N–H and O–H groups in total. The zero-order chi connectivity index (χ0) is 15.1. The normalized spacial score (nSPS) is 10.7. The lowest BCUT2D eigenvalue weighted by Crippen LogP contribution is -2.21. The molecule has 0 saturated heterocycles. The quantitative estimate of drug-likeness (QED) is 0.408. The first-order valence-electron chi connectivity index (χ1n) is 5.42. The lowest BCUT2D eigenvalue weighted by Gasteiger charge is -2.09. The highest BCUT2D eigenvalue weighted by Crippen LogP contribution is 2.24. The second kappa shape index (κ2) is 7.60. The number of hydrogen-bond donors (Lipinski definition) is 0. The van der Waals surface area contributed by atoms with Gasteiger partial charge in [0.05, 0.1) is 13.2 Å². The summed E-state index contributed by atoms with van der Waals surface area (Å²) in [4.78, 5) is 21.8. The van der Waals surface area contributed by atoms with Crippen molar-refractivity contribution in [2.45, 2.75) is 25.9 Å². The largest absolute Gasteiger partial charge is 0.462 e. The van der Waals surface area contributed by atoms with Gasteiger partial charge in [-0.25, -0.2) is 9.59 Å². The van der Waals surface area contributed by atoms with Crippen LogP contribution in [0.4, 0.5) is 13.2 Å². The lowest BCUT2D eigenvalue weighted by atomic mass is 10.3. The Bertz CT molecular complexity index is 372. The van der Waals surface area contributed by atoms with Crippen molar-refractivity contribution in [1.82, 2.24) is 0 Å². The predicted molar refractivity (Wildman–Crippen MR) is 61.2 cm³/mol. The molecule has 0 aromatic carbocycles. The second-order valence-electron chi connectivity index (χ2n) is 3.74. The summed E-state index contributed by atoms with van der Waals surface area (Å²) in [7, 11) is 0. The summed E-state index contributed by atoms with van der Waals surface area (Å²) < 4.78 is 45.2. The van der Waals surface area contributed by atoms with Gasteiger partial charge in [-0.1, -0.05) is 13.2 Å². The minimum absolute atomic E-state index is 0.0868. The highest BCUT2D eigenvalue weighted by Gasteiger charge is 2.37. The SMILES string of the molecule is C=C(C)C(=O)OCCCCOC(=O)C(=C)C(F)(F)F. The minimum atomic E-state index is -4.78. The summed E-state index contributed by atoms with van der Waals surface area (Å²) in [6.07, 6.45) is -4.14. The Balaban J connectivity index is 3.71. The van der Waals surface area contributed by atoms with E-state index in [0.29, 0.717) is 6.42 Å². The fourth-order valence-electron chi connectivity index (χ4n) is 0.860. The van der Waals surface area contributed by atoms with E-state index < -0.39 is 23.7 Å². The van der Waals surface area contributed by atoms with Crippen LogP contribution in [0.25, 0.3) is 0 Å². The molecule has 0 unspecified atom stereocenters. The van der Waals surface area contributed by atoms with Crippen molar-refractivity contribution >= 4 is 11.9 Å². The van der Waals surface area contributed by atoms with Crippen LogP contribution in [0.1, 0.15) is 19.8 Å².